The van der Waals surface area contributed by atoms with Crippen molar-refractivity contribution in [2.24, 2.45) is 0 Å². The molecule has 12 rings (SSSR count). The monoisotopic (exact) mass is 860 g/mol. The van der Waals surface area contributed by atoms with Gasteiger partial charge in [-0.15, -0.1) is 0 Å². The average Bonchev–Trinajstić information content (AvgIpc) is 3.71. The van der Waals surface area contributed by atoms with E-state index in [1.807, 2.05) is 0 Å². The second-order valence-electron chi connectivity index (χ2n) is 18.6. The van der Waals surface area contributed by atoms with Crippen LogP contribution in [0.3, 0.4) is 0 Å². The van der Waals surface area contributed by atoms with E-state index in [9.17, 15) is 0 Å². The van der Waals surface area contributed by atoms with Crippen molar-refractivity contribution in [1.29, 1.82) is 0 Å². The van der Waals surface area contributed by atoms with Crippen LogP contribution in [0.2, 0.25) is 19.6 Å². The van der Waals surface area contributed by atoms with Crippen molar-refractivity contribution in [2.75, 3.05) is 4.90 Å². The number of fused-ring (bicyclic) bond motifs is 9. The second kappa shape index (κ2) is 15.9. The summed E-state index contributed by atoms with van der Waals surface area (Å²) in [5.74, 6) is 0. The molecule has 0 N–H and O–H groups in total. The number of rotatable bonds is 8. The van der Waals surface area contributed by atoms with Crippen molar-refractivity contribution in [3.63, 3.8) is 0 Å². The largest absolute Gasteiger partial charge is 0.311 e. The Kier molecular flexibility index (Phi) is 9.55. The normalized spacial score (nSPS) is 11.9. The van der Waals surface area contributed by atoms with E-state index < -0.39 is 8.07 Å². The number of hydrogen-bond acceptors (Lipinski definition) is 1. The molecule has 66 heavy (non-hydrogen) atoms. The molecule has 0 aliphatic rings. The van der Waals surface area contributed by atoms with E-state index >= 15 is 0 Å². The molecular formula is C63H48N2Si. The maximum absolute atomic E-state index is 2.40. The van der Waals surface area contributed by atoms with Crippen LogP contribution < -0.4 is 10.1 Å². The summed E-state index contributed by atoms with van der Waals surface area (Å²) in [5, 5.41) is 11.7. The van der Waals surface area contributed by atoms with Gasteiger partial charge in [0, 0.05) is 33.5 Å². The summed E-state index contributed by atoms with van der Waals surface area (Å²) in [6.07, 6.45) is 0. The zero-order chi connectivity index (χ0) is 44.4. The van der Waals surface area contributed by atoms with Gasteiger partial charge in [0.05, 0.1) is 19.1 Å². The van der Waals surface area contributed by atoms with Gasteiger partial charge in [0.1, 0.15) is 0 Å². The minimum Gasteiger partial charge on any atom is -0.311 e. The predicted octanol–water partition coefficient (Wildman–Crippen LogP) is 17.3. The van der Waals surface area contributed by atoms with E-state index in [0.29, 0.717) is 0 Å². The summed E-state index contributed by atoms with van der Waals surface area (Å²) < 4.78 is 2.37. The number of hydrogen-bond donors (Lipinski definition) is 0. The van der Waals surface area contributed by atoms with Crippen LogP contribution in [0.25, 0.3) is 93.2 Å². The minimum absolute atomic E-state index is 1.10. The van der Waals surface area contributed by atoms with Crippen molar-refractivity contribution in [2.45, 2.75) is 19.6 Å². The zero-order valence-corrected chi connectivity index (χ0v) is 38.4. The lowest BCUT2D eigenvalue weighted by Gasteiger charge is -2.26. The van der Waals surface area contributed by atoms with Gasteiger partial charge < -0.3 is 9.47 Å². The lowest BCUT2D eigenvalue weighted by Crippen LogP contribution is -2.37. The Hall–Kier alpha value is -7.98. The van der Waals surface area contributed by atoms with Crippen molar-refractivity contribution in [3.05, 3.63) is 237 Å². The molecule has 0 atom stereocenters. The first-order valence-electron chi connectivity index (χ1n) is 23.0. The van der Waals surface area contributed by atoms with Crippen molar-refractivity contribution < 1.29 is 0 Å². The molecule has 0 spiro atoms. The van der Waals surface area contributed by atoms with Gasteiger partial charge >= 0.3 is 0 Å². The van der Waals surface area contributed by atoms with E-state index in [1.165, 1.54) is 98.4 Å². The molecule has 1 heterocycles. The van der Waals surface area contributed by atoms with E-state index in [0.717, 1.165) is 17.1 Å². The molecule has 0 radical (unpaired) electrons. The number of para-hydroxylation sites is 2. The maximum atomic E-state index is 2.40. The Bertz CT molecular complexity index is 3710. The van der Waals surface area contributed by atoms with E-state index in [2.05, 4.69) is 266 Å². The Labute approximate surface area is 387 Å². The van der Waals surface area contributed by atoms with Crippen LogP contribution in [0.15, 0.2) is 237 Å². The summed E-state index contributed by atoms with van der Waals surface area (Å²) in [4.78, 5) is 2.38. The fourth-order valence-electron chi connectivity index (χ4n) is 10.1. The van der Waals surface area contributed by atoms with Gasteiger partial charge in [0.2, 0.25) is 0 Å². The quantitative estimate of drug-likeness (QED) is 0.109. The standard InChI is InChI=1S/C63H48N2Si/c1-66(2,3)53-37-27-44(28-38-53)43-21-31-50(32-22-43)64(51-33-23-45(24-34-51)47-29-39-58-56-17-8-7-15-54(56)55-16-9-10-18-57(55)60(58)41-47)52-35-25-46(26-36-52)48-30-40-63-61(42-48)59-19-11-12-20-62(59)65(63)49-13-5-4-6-14-49/h4-42H,1-3H3. The molecule has 2 nitrogen and oxygen atoms in total. The molecule has 0 fully saturated rings. The van der Waals surface area contributed by atoms with E-state index in [-0.39, 0.29) is 0 Å². The van der Waals surface area contributed by atoms with Gasteiger partial charge in [0.25, 0.3) is 0 Å². The highest BCUT2D eigenvalue weighted by molar-refractivity contribution is 6.88. The molecular weight excluding hydrogens is 813 g/mol. The van der Waals surface area contributed by atoms with E-state index in [4.69, 9.17) is 0 Å². The van der Waals surface area contributed by atoms with Crippen LogP contribution in [-0.2, 0) is 0 Å². The van der Waals surface area contributed by atoms with Gasteiger partial charge in [-0.1, -0.05) is 189 Å². The molecule has 11 aromatic carbocycles. The fourth-order valence-corrected chi connectivity index (χ4v) is 11.3. The average molecular weight is 861 g/mol. The topological polar surface area (TPSA) is 8.17 Å². The first-order chi connectivity index (χ1) is 32.4. The molecule has 0 bridgehead atoms. The Morgan fingerprint density at radius 3 is 1.17 bits per heavy atom. The van der Waals surface area contributed by atoms with Crippen molar-refractivity contribution in [3.8, 4) is 39.1 Å². The van der Waals surface area contributed by atoms with Gasteiger partial charge in [-0.3, -0.25) is 0 Å². The van der Waals surface area contributed by atoms with Crippen molar-refractivity contribution >= 4 is 84.4 Å². The third-order valence-electron chi connectivity index (χ3n) is 13.6. The van der Waals surface area contributed by atoms with Gasteiger partial charge in [0.15, 0.2) is 0 Å². The van der Waals surface area contributed by atoms with Crippen LogP contribution in [0.5, 0.6) is 0 Å². The molecule has 0 saturated heterocycles. The predicted molar refractivity (Wildman–Crippen MR) is 287 cm³/mol. The van der Waals surface area contributed by atoms with Crippen molar-refractivity contribution in [1.82, 2.24) is 4.57 Å². The zero-order valence-electron chi connectivity index (χ0n) is 37.4. The number of anilines is 3. The molecule has 12 aromatic rings. The Balaban J connectivity index is 0.924. The first-order valence-corrected chi connectivity index (χ1v) is 26.5. The maximum Gasteiger partial charge on any atom is 0.0775 e. The minimum atomic E-state index is -1.38. The Morgan fingerprint density at radius 2 is 0.652 bits per heavy atom. The summed E-state index contributed by atoms with van der Waals surface area (Å²) in [7, 11) is -1.38. The molecule has 0 amide bonds. The molecule has 0 aliphatic heterocycles. The van der Waals surface area contributed by atoms with Crippen LogP contribution in [0, 0.1) is 0 Å². The lowest BCUT2D eigenvalue weighted by atomic mass is 9.92. The molecule has 0 unspecified atom stereocenters. The van der Waals surface area contributed by atoms with Gasteiger partial charge in [-0.25, -0.2) is 0 Å². The number of benzene rings is 11. The third-order valence-corrected chi connectivity index (χ3v) is 15.6. The van der Waals surface area contributed by atoms with Gasteiger partial charge in [-0.2, -0.15) is 0 Å². The lowest BCUT2D eigenvalue weighted by molar-refractivity contribution is 1.18. The van der Waals surface area contributed by atoms with E-state index in [1.54, 1.807) is 0 Å². The summed E-state index contributed by atoms with van der Waals surface area (Å²) >= 11 is 0. The van der Waals surface area contributed by atoms with Crippen LogP contribution in [0.1, 0.15) is 0 Å². The number of aromatic nitrogens is 1. The third kappa shape index (κ3) is 6.88. The molecule has 0 aliphatic carbocycles. The first kappa shape index (κ1) is 39.6. The smallest absolute Gasteiger partial charge is 0.0775 e. The van der Waals surface area contributed by atoms with Gasteiger partial charge in [-0.05, 0) is 138 Å². The highest BCUT2D eigenvalue weighted by Crippen LogP contribution is 2.41. The SMILES string of the molecule is C[Si](C)(C)c1ccc(-c2ccc(N(c3ccc(-c4ccc5c6ccccc6c6ccccc6c5c4)cc3)c3ccc(-c4ccc5c(c4)c4ccccc4n5-c4ccccc4)cc3)cc2)cc1. The molecule has 1 aromatic heterocycles. The highest BCUT2D eigenvalue weighted by Gasteiger charge is 2.18. The second-order valence-corrected chi connectivity index (χ2v) is 23.7. The highest BCUT2D eigenvalue weighted by atomic mass is 28.3. The van der Waals surface area contributed by atoms with Crippen LogP contribution >= 0.6 is 0 Å². The Morgan fingerprint density at radius 1 is 0.288 bits per heavy atom. The molecule has 0 saturated carbocycles. The molecule has 314 valence electrons. The fraction of sp³-hybridized carbons (Fsp3) is 0.0476. The van der Waals surface area contributed by atoms with Crippen LogP contribution in [0.4, 0.5) is 17.1 Å². The van der Waals surface area contributed by atoms with Crippen LogP contribution in [-0.4, -0.2) is 12.6 Å². The summed E-state index contributed by atoms with van der Waals surface area (Å²) in [5.41, 5.74) is 14.1. The molecule has 3 heteroatoms. The summed E-state index contributed by atoms with van der Waals surface area (Å²) in [6.45, 7) is 7.21. The number of nitrogens with zero attached hydrogens (tertiary/aromatic N) is 2. The summed E-state index contributed by atoms with van der Waals surface area (Å²) in [6, 6.07) is 87.3.